The number of ether oxygens (including phenoxy) is 2. The van der Waals surface area contributed by atoms with Crippen LogP contribution in [0.25, 0.3) is 33.3 Å². The lowest BCUT2D eigenvalue weighted by Gasteiger charge is -2.31. The number of benzene rings is 2. The number of imidazole rings is 1. The molecule has 9 nitrogen and oxygen atoms in total. The first-order valence-electron chi connectivity index (χ1n) is 14.0. The third-order valence-corrected chi connectivity index (χ3v) is 9.63. The molecule has 0 amide bonds. The molecule has 0 bridgehead atoms. The summed E-state index contributed by atoms with van der Waals surface area (Å²) in [5, 5.41) is 14.4. The summed E-state index contributed by atoms with van der Waals surface area (Å²) in [7, 11) is -1.16. The van der Waals surface area contributed by atoms with E-state index in [4.69, 9.17) is 26.1 Å². The summed E-state index contributed by atoms with van der Waals surface area (Å²) in [5.74, 6) is 2.50. The van der Waals surface area contributed by atoms with Crippen LogP contribution in [0.5, 0.6) is 11.5 Å². The van der Waals surface area contributed by atoms with Crippen molar-refractivity contribution in [1.82, 2.24) is 29.3 Å². The molecule has 214 valence electrons. The highest BCUT2D eigenvalue weighted by Gasteiger charge is 2.27. The van der Waals surface area contributed by atoms with Gasteiger partial charge in [0.2, 0.25) is 0 Å². The van der Waals surface area contributed by atoms with Crippen molar-refractivity contribution in [2.75, 3.05) is 6.61 Å². The Morgan fingerprint density at radius 1 is 1.07 bits per heavy atom. The lowest BCUT2D eigenvalue weighted by Crippen LogP contribution is -2.31. The summed E-state index contributed by atoms with van der Waals surface area (Å²) in [6.07, 6.45) is 6.96. The summed E-state index contributed by atoms with van der Waals surface area (Å²) in [5.41, 5.74) is 4.63. The molecule has 1 aliphatic carbocycles. The number of hydrogen-bond donors (Lipinski definition) is 1. The summed E-state index contributed by atoms with van der Waals surface area (Å²) in [6, 6.07) is 10.6. The lowest BCUT2D eigenvalue weighted by atomic mass is 9.82. The highest BCUT2D eigenvalue weighted by molar-refractivity contribution is 6.76. The molecule has 0 atom stereocenters. The zero-order valence-corrected chi connectivity index (χ0v) is 25.6. The molecule has 0 aliphatic heterocycles. The molecule has 41 heavy (non-hydrogen) atoms. The first-order chi connectivity index (χ1) is 19.6. The molecule has 11 heteroatoms. The predicted octanol–water partition coefficient (Wildman–Crippen LogP) is 6.68. The van der Waals surface area contributed by atoms with E-state index < -0.39 is 8.07 Å². The Balaban J connectivity index is 1.22. The van der Waals surface area contributed by atoms with E-state index in [1.165, 1.54) is 0 Å². The van der Waals surface area contributed by atoms with Crippen molar-refractivity contribution < 1.29 is 14.6 Å². The normalized spacial score (nSPS) is 17.3. The monoisotopic (exact) mass is 590 g/mol. The number of rotatable bonds is 10. The zero-order chi connectivity index (χ0) is 28.7. The van der Waals surface area contributed by atoms with Crippen molar-refractivity contribution in [3.8, 4) is 22.8 Å². The van der Waals surface area contributed by atoms with Crippen molar-refractivity contribution >= 4 is 41.7 Å². The van der Waals surface area contributed by atoms with E-state index in [2.05, 4.69) is 39.3 Å². The number of fused-ring (bicyclic) bond motifs is 2. The molecular formula is C30H35ClN6O3Si. The number of aliphatic hydroxyl groups is 1. The second-order valence-corrected chi connectivity index (χ2v) is 18.1. The SMILES string of the molecule is Cc1nc2ccc(Oc3ccc4ncc(-c5cnn(CC6CC(O)C6)c5)nc4c3Cl)cc2n1COCC[Si](C)(C)C. The van der Waals surface area contributed by atoms with Gasteiger partial charge in [-0.2, -0.15) is 5.10 Å². The van der Waals surface area contributed by atoms with Crippen LogP contribution < -0.4 is 4.74 Å². The Morgan fingerprint density at radius 2 is 1.88 bits per heavy atom. The van der Waals surface area contributed by atoms with Gasteiger partial charge in [0.25, 0.3) is 0 Å². The molecule has 0 spiro atoms. The highest BCUT2D eigenvalue weighted by atomic mass is 35.5. The van der Waals surface area contributed by atoms with Crippen LogP contribution in [-0.4, -0.2) is 55.2 Å². The molecule has 1 fully saturated rings. The molecule has 1 saturated carbocycles. The van der Waals surface area contributed by atoms with Crippen LogP contribution >= 0.6 is 11.6 Å². The third kappa shape index (κ3) is 6.15. The molecule has 6 rings (SSSR count). The predicted molar refractivity (Wildman–Crippen MR) is 163 cm³/mol. The van der Waals surface area contributed by atoms with Crippen LogP contribution in [0.15, 0.2) is 48.9 Å². The molecule has 2 aromatic carbocycles. The summed E-state index contributed by atoms with van der Waals surface area (Å²) >= 11 is 6.83. The Labute approximate surface area is 245 Å². The van der Waals surface area contributed by atoms with Gasteiger partial charge in [0.05, 0.1) is 40.7 Å². The van der Waals surface area contributed by atoms with E-state index in [9.17, 15) is 5.11 Å². The van der Waals surface area contributed by atoms with Gasteiger partial charge in [0, 0.05) is 39.1 Å². The molecular weight excluding hydrogens is 556 g/mol. The summed E-state index contributed by atoms with van der Waals surface area (Å²) < 4.78 is 16.3. The van der Waals surface area contributed by atoms with Crippen LogP contribution in [0.2, 0.25) is 30.7 Å². The number of halogens is 1. The van der Waals surface area contributed by atoms with E-state index >= 15 is 0 Å². The van der Waals surface area contributed by atoms with Gasteiger partial charge in [-0.15, -0.1) is 0 Å². The minimum Gasteiger partial charge on any atom is -0.456 e. The van der Waals surface area contributed by atoms with Gasteiger partial charge < -0.3 is 19.1 Å². The standard InChI is InChI=1S/C30H35ClN6O3Si/c1-19-34-24-6-5-23(13-27(24)37(19)18-39-9-10-41(2,3)4)40-28-8-7-25-30(29(28)31)35-26(15-32-25)21-14-33-36(17-21)16-20-11-22(38)12-20/h5-8,13-15,17,20,22,38H,9-12,16,18H2,1-4H3. The number of aryl methyl sites for hydroxylation is 1. The van der Waals surface area contributed by atoms with Gasteiger partial charge in [-0.1, -0.05) is 31.2 Å². The Morgan fingerprint density at radius 3 is 2.66 bits per heavy atom. The average molecular weight is 591 g/mol. The molecule has 1 N–H and O–H groups in total. The molecule has 0 unspecified atom stereocenters. The van der Waals surface area contributed by atoms with Crippen LogP contribution in [0.1, 0.15) is 18.7 Å². The summed E-state index contributed by atoms with van der Waals surface area (Å²) in [4.78, 5) is 14.1. The molecule has 0 radical (unpaired) electrons. The molecule has 5 aromatic rings. The first-order valence-corrected chi connectivity index (χ1v) is 18.1. The number of aromatic nitrogens is 6. The Hall–Kier alpha value is -3.31. The molecule has 3 heterocycles. The van der Waals surface area contributed by atoms with Gasteiger partial charge in [-0.25, -0.2) is 9.97 Å². The third-order valence-electron chi connectivity index (χ3n) is 7.56. The van der Waals surface area contributed by atoms with E-state index in [0.717, 1.165) is 54.5 Å². The first kappa shape index (κ1) is 27.8. The second-order valence-electron chi connectivity index (χ2n) is 12.1. The van der Waals surface area contributed by atoms with Gasteiger partial charge >= 0.3 is 0 Å². The molecule has 3 aromatic heterocycles. The number of hydrogen-bond acceptors (Lipinski definition) is 7. The maximum atomic E-state index is 9.56. The van der Waals surface area contributed by atoms with Gasteiger partial charge in [-0.3, -0.25) is 9.67 Å². The maximum Gasteiger partial charge on any atom is 0.148 e. The second kappa shape index (κ2) is 11.2. The smallest absolute Gasteiger partial charge is 0.148 e. The fraction of sp³-hybridized carbons (Fsp3) is 0.400. The van der Waals surface area contributed by atoms with E-state index in [0.29, 0.717) is 45.9 Å². The van der Waals surface area contributed by atoms with E-state index in [1.807, 2.05) is 48.1 Å². The average Bonchev–Trinajstić information content (AvgIpc) is 3.50. The topological polar surface area (TPSA) is 100 Å². The van der Waals surface area contributed by atoms with Crippen molar-refractivity contribution in [2.24, 2.45) is 5.92 Å². The van der Waals surface area contributed by atoms with Gasteiger partial charge in [0.15, 0.2) is 0 Å². The van der Waals surface area contributed by atoms with Gasteiger partial charge in [0.1, 0.15) is 34.6 Å². The lowest BCUT2D eigenvalue weighted by molar-refractivity contribution is 0.0337. The minimum absolute atomic E-state index is 0.174. The zero-order valence-electron chi connectivity index (χ0n) is 23.8. The van der Waals surface area contributed by atoms with Crippen molar-refractivity contribution in [3.63, 3.8) is 0 Å². The van der Waals surface area contributed by atoms with Crippen molar-refractivity contribution in [2.45, 2.75) is 64.8 Å². The minimum atomic E-state index is -1.16. The van der Waals surface area contributed by atoms with Crippen molar-refractivity contribution in [1.29, 1.82) is 0 Å². The summed E-state index contributed by atoms with van der Waals surface area (Å²) in [6.45, 7) is 11.0. The van der Waals surface area contributed by atoms with Crippen LogP contribution in [0, 0.1) is 12.8 Å². The van der Waals surface area contributed by atoms with E-state index in [-0.39, 0.29) is 6.10 Å². The van der Waals surface area contributed by atoms with Crippen LogP contribution in [0.4, 0.5) is 0 Å². The molecule has 0 saturated heterocycles. The highest BCUT2D eigenvalue weighted by Crippen LogP contribution is 2.36. The van der Waals surface area contributed by atoms with Gasteiger partial charge in [-0.05, 0) is 56.0 Å². The van der Waals surface area contributed by atoms with E-state index in [1.54, 1.807) is 12.4 Å². The van der Waals surface area contributed by atoms with Crippen molar-refractivity contribution in [3.05, 3.63) is 59.8 Å². The fourth-order valence-corrected chi connectivity index (χ4v) is 6.06. The maximum absolute atomic E-state index is 9.56. The fourth-order valence-electron chi connectivity index (χ4n) is 5.06. The number of nitrogens with zero attached hydrogens (tertiary/aromatic N) is 6. The Kier molecular flexibility index (Phi) is 7.58. The largest absolute Gasteiger partial charge is 0.456 e. The quantitative estimate of drug-likeness (QED) is 0.143. The van der Waals surface area contributed by atoms with Crippen LogP contribution in [0.3, 0.4) is 0 Å². The Bertz CT molecular complexity index is 1710. The van der Waals surface area contributed by atoms with Crippen LogP contribution in [-0.2, 0) is 18.0 Å². The number of aliphatic hydroxyl groups excluding tert-OH is 1. The molecule has 1 aliphatic rings.